The fraction of sp³-hybridized carbons (Fsp3) is 0.381. The monoisotopic (exact) mass is 397 g/mol. The van der Waals surface area contributed by atoms with Crippen LogP contribution in [0.5, 0.6) is 5.75 Å². The average Bonchev–Trinajstić information content (AvgIpc) is 3.06. The maximum absolute atomic E-state index is 12.3. The van der Waals surface area contributed by atoms with Crippen LogP contribution >= 0.6 is 11.6 Å². The first kappa shape index (κ1) is 17.5. The lowest BCUT2D eigenvalue weighted by Gasteiger charge is -2.52. The molecule has 1 aromatic carbocycles. The minimum Gasteiger partial charge on any atom is -0.487 e. The molecule has 6 nitrogen and oxygen atoms in total. The molecule has 1 aromatic heterocycles. The van der Waals surface area contributed by atoms with Crippen molar-refractivity contribution in [2.75, 3.05) is 6.61 Å². The Morgan fingerprint density at radius 2 is 2.11 bits per heavy atom. The molecule has 3 heterocycles. The lowest BCUT2D eigenvalue weighted by molar-refractivity contribution is -0.134. The van der Waals surface area contributed by atoms with Crippen molar-refractivity contribution in [3.8, 4) is 16.9 Å². The SMILES string of the molecule is C[C@@]12CCC(=O)C[C@H]1[C@@]1(COC(N)=N1)c1cc(-c3cncc(Cl)c3)ccc1O2. The Balaban J connectivity index is 1.71. The Bertz CT molecular complexity index is 1020. The molecule has 144 valence electrons. The van der Waals surface area contributed by atoms with Crippen LogP contribution in [0.2, 0.25) is 5.02 Å². The van der Waals surface area contributed by atoms with E-state index in [9.17, 15) is 4.79 Å². The number of ketones is 1. The molecule has 1 fully saturated rings. The number of Topliss-reactive ketones (excluding diaryl/α,β-unsaturated/α-hetero) is 1. The highest BCUT2D eigenvalue weighted by Gasteiger charge is 2.60. The van der Waals surface area contributed by atoms with Gasteiger partial charge < -0.3 is 15.2 Å². The van der Waals surface area contributed by atoms with E-state index in [0.717, 1.165) is 22.4 Å². The largest absolute Gasteiger partial charge is 0.487 e. The summed E-state index contributed by atoms with van der Waals surface area (Å²) < 4.78 is 12.1. The fourth-order valence-corrected chi connectivity index (χ4v) is 4.98. The topological polar surface area (TPSA) is 86.8 Å². The van der Waals surface area contributed by atoms with Gasteiger partial charge in [0.15, 0.2) is 0 Å². The van der Waals surface area contributed by atoms with Crippen LogP contribution in [0.25, 0.3) is 11.1 Å². The van der Waals surface area contributed by atoms with Crippen molar-refractivity contribution in [2.45, 2.75) is 37.3 Å². The number of halogens is 1. The van der Waals surface area contributed by atoms with E-state index in [1.165, 1.54) is 0 Å². The molecule has 0 saturated heterocycles. The third-order valence-corrected chi connectivity index (χ3v) is 6.43. The summed E-state index contributed by atoms with van der Waals surface area (Å²) in [5.74, 6) is 0.848. The smallest absolute Gasteiger partial charge is 0.283 e. The first-order valence-electron chi connectivity index (χ1n) is 9.34. The zero-order chi connectivity index (χ0) is 19.5. The molecule has 2 aliphatic heterocycles. The Morgan fingerprint density at radius 1 is 1.25 bits per heavy atom. The van der Waals surface area contributed by atoms with Crippen LogP contribution in [0.15, 0.2) is 41.7 Å². The van der Waals surface area contributed by atoms with Gasteiger partial charge in [0.2, 0.25) is 0 Å². The number of rotatable bonds is 1. The van der Waals surface area contributed by atoms with Crippen molar-refractivity contribution in [1.29, 1.82) is 0 Å². The van der Waals surface area contributed by atoms with Gasteiger partial charge in [-0.1, -0.05) is 17.7 Å². The summed E-state index contributed by atoms with van der Waals surface area (Å²) in [6.45, 7) is 2.37. The van der Waals surface area contributed by atoms with E-state index in [4.69, 9.17) is 31.8 Å². The van der Waals surface area contributed by atoms with Gasteiger partial charge in [-0.15, -0.1) is 0 Å². The van der Waals surface area contributed by atoms with Gasteiger partial charge in [-0.2, -0.15) is 0 Å². The van der Waals surface area contributed by atoms with Crippen LogP contribution in [0, 0.1) is 5.92 Å². The molecule has 2 N–H and O–H groups in total. The molecule has 0 bridgehead atoms. The van der Waals surface area contributed by atoms with Crippen molar-refractivity contribution in [1.82, 2.24) is 4.98 Å². The van der Waals surface area contributed by atoms with E-state index in [0.29, 0.717) is 30.9 Å². The second-order valence-electron chi connectivity index (χ2n) is 7.98. The van der Waals surface area contributed by atoms with Gasteiger partial charge in [0.1, 0.15) is 29.3 Å². The number of benzene rings is 1. The van der Waals surface area contributed by atoms with Crippen LogP contribution in [0.3, 0.4) is 0 Å². The molecule has 0 amide bonds. The predicted molar refractivity (Wildman–Crippen MR) is 105 cm³/mol. The third kappa shape index (κ3) is 2.51. The van der Waals surface area contributed by atoms with E-state index < -0.39 is 11.1 Å². The van der Waals surface area contributed by atoms with Crippen molar-refractivity contribution in [3.05, 3.63) is 47.2 Å². The summed E-state index contributed by atoms with van der Waals surface area (Å²) in [6.07, 6.45) is 4.95. The minimum absolute atomic E-state index is 0.137. The highest BCUT2D eigenvalue weighted by atomic mass is 35.5. The quantitative estimate of drug-likeness (QED) is 0.796. The number of pyridine rings is 1. The molecule has 3 aliphatic rings. The molecule has 7 heteroatoms. The fourth-order valence-electron chi connectivity index (χ4n) is 4.81. The van der Waals surface area contributed by atoms with Crippen LogP contribution in [0.1, 0.15) is 31.7 Å². The molecule has 0 radical (unpaired) electrons. The number of carbonyl (C=O) groups excluding carboxylic acids is 1. The number of hydrogen-bond donors (Lipinski definition) is 1. The molecule has 5 rings (SSSR count). The molecule has 1 spiro atoms. The number of aromatic nitrogens is 1. The maximum atomic E-state index is 12.3. The summed E-state index contributed by atoms with van der Waals surface area (Å²) in [5.41, 5.74) is 7.46. The van der Waals surface area contributed by atoms with Crippen molar-refractivity contribution in [3.63, 3.8) is 0 Å². The molecular formula is C21H20ClN3O3. The van der Waals surface area contributed by atoms with Gasteiger partial charge in [0.05, 0.1) is 5.02 Å². The highest BCUT2D eigenvalue weighted by molar-refractivity contribution is 6.30. The number of nitrogens with two attached hydrogens (primary N) is 1. The number of ether oxygens (including phenoxy) is 2. The normalized spacial score (nSPS) is 30.9. The van der Waals surface area contributed by atoms with Crippen LogP contribution in [-0.4, -0.2) is 29.0 Å². The van der Waals surface area contributed by atoms with E-state index in [1.807, 2.05) is 24.3 Å². The van der Waals surface area contributed by atoms with Gasteiger partial charge >= 0.3 is 0 Å². The van der Waals surface area contributed by atoms with E-state index in [1.54, 1.807) is 12.4 Å². The van der Waals surface area contributed by atoms with Gasteiger partial charge in [0, 0.05) is 42.3 Å². The maximum Gasteiger partial charge on any atom is 0.283 e. The minimum atomic E-state index is -0.732. The lowest BCUT2D eigenvalue weighted by atomic mass is 9.62. The number of amidine groups is 1. The van der Waals surface area contributed by atoms with E-state index in [-0.39, 0.29) is 17.7 Å². The van der Waals surface area contributed by atoms with Crippen LogP contribution < -0.4 is 10.5 Å². The first-order valence-corrected chi connectivity index (χ1v) is 9.72. The molecule has 28 heavy (non-hydrogen) atoms. The Hall–Kier alpha value is -2.60. The predicted octanol–water partition coefficient (Wildman–Crippen LogP) is 3.46. The molecule has 0 unspecified atom stereocenters. The summed E-state index contributed by atoms with van der Waals surface area (Å²) in [7, 11) is 0. The molecule has 3 atom stereocenters. The molecular weight excluding hydrogens is 378 g/mol. The zero-order valence-corrected chi connectivity index (χ0v) is 16.2. The molecule has 2 aromatic rings. The standard InChI is InChI=1S/C21H20ClN3O3/c1-20-5-4-15(26)8-18(20)21(11-27-19(23)25-21)16-7-12(2-3-17(16)28-20)13-6-14(22)10-24-9-13/h2-3,6-7,9-10,18H,4-5,8,11H2,1H3,(H2,23,25)/t18-,20-,21-/m1/s1. The highest BCUT2D eigenvalue weighted by Crippen LogP contribution is 2.56. The first-order chi connectivity index (χ1) is 13.4. The summed E-state index contributed by atoms with van der Waals surface area (Å²) >= 11 is 6.12. The number of nitrogens with zero attached hydrogens (tertiary/aromatic N) is 2. The van der Waals surface area contributed by atoms with Crippen molar-refractivity contribution >= 4 is 23.4 Å². The number of fused-ring (bicyclic) bond motifs is 4. The lowest BCUT2D eigenvalue weighted by Crippen LogP contribution is -2.58. The molecule has 1 saturated carbocycles. The Kier molecular flexibility index (Phi) is 3.72. The van der Waals surface area contributed by atoms with Crippen molar-refractivity contribution in [2.24, 2.45) is 16.6 Å². The van der Waals surface area contributed by atoms with Crippen LogP contribution in [0.4, 0.5) is 0 Å². The third-order valence-electron chi connectivity index (χ3n) is 6.22. The summed E-state index contributed by atoms with van der Waals surface area (Å²) in [6, 6.07) is 8.00. The number of carbonyl (C=O) groups is 1. The summed E-state index contributed by atoms with van der Waals surface area (Å²) in [5, 5.41) is 0.568. The Morgan fingerprint density at radius 3 is 2.86 bits per heavy atom. The van der Waals surface area contributed by atoms with Gasteiger partial charge in [0.25, 0.3) is 6.02 Å². The Labute approximate surface area is 167 Å². The second-order valence-corrected chi connectivity index (χ2v) is 8.41. The van der Waals surface area contributed by atoms with E-state index in [2.05, 4.69) is 11.9 Å². The zero-order valence-electron chi connectivity index (χ0n) is 15.4. The summed E-state index contributed by atoms with van der Waals surface area (Å²) in [4.78, 5) is 21.2. The van der Waals surface area contributed by atoms with Gasteiger partial charge in [-0.25, -0.2) is 4.99 Å². The molecule has 1 aliphatic carbocycles. The number of hydrogen-bond acceptors (Lipinski definition) is 6. The average molecular weight is 398 g/mol. The second kappa shape index (κ2) is 5.95. The number of aliphatic imine (C=N–C) groups is 1. The van der Waals surface area contributed by atoms with Crippen molar-refractivity contribution < 1.29 is 14.3 Å². The van der Waals surface area contributed by atoms with Gasteiger partial charge in [-0.05, 0) is 37.1 Å². The van der Waals surface area contributed by atoms with Gasteiger partial charge in [-0.3, -0.25) is 9.78 Å². The van der Waals surface area contributed by atoms with E-state index >= 15 is 0 Å². The van der Waals surface area contributed by atoms with Crippen LogP contribution in [-0.2, 0) is 15.1 Å².